The molecule has 0 unspecified atom stereocenters. The molecule has 1 aliphatic rings. The van der Waals surface area contributed by atoms with Crippen LogP contribution in [-0.4, -0.2) is 43.4 Å². The van der Waals surface area contributed by atoms with Crippen LogP contribution in [0.4, 0.5) is 0 Å². The molecule has 1 saturated heterocycles. The lowest BCUT2D eigenvalue weighted by atomic mass is 10.1. The summed E-state index contributed by atoms with van der Waals surface area (Å²) < 4.78 is 29.0. The van der Waals surface area contributed by atoms with Crippen molar-refractivity contribution in [3.8, 4) is 5.75 Å². The third kappa shape index (κ3) is 5.23. The Bertz CT molecular complexity index is 652. The van der Waals surface area contributed by atoms with E-state index in [-0.39, 0.29) is 29.4 Å². The number of rotatable bonds is 7. The Balaban J connectivity index is 2.14. The molecule has 1 fully saturated rings. The first-order valence-corrected chi connectivity index (χ1v) is 10.3. The normalized spacial score (nSPS) is 19.4. The summed E-state index contributed by atoms with van der Waals surface area (Å²) in [6.45, 7) is 6.98. The van der Waals surface area contributed by atoms with Crippen molar-refractivity contribution in [2.24, 2.45) is 5.92 Å². The zero-order valence-corrected chi connectivity index (χ0v) is 15.5. The summed E-state index contributed by atoms with van der Waals surface area (Å²) in [5.41, 5.74) is 0.986. The molecule has 1 amide bonds. The number of hydrogen-bond donors (Lipinski definition) is 0. The van der Waals surface area contributed by atoms with E-state index in [1.807, 2.05) is 45.0 Å². The molecule has 0 aliphatic carbocycles. The van der Waals surface area contributed by atoms with Gasteiger partial charge in [-0.2, -0.15) is 0 Å². The number of carbonyl (C=O) groups is 1. The Labute approximate surface area is 144 Å². The summed E-state index contributed by atoms with van der Waals surface area (Å²) in [6, 6.07) is 7.42. The van der Waals surface area contributed by atoms with Gasteiger partial charge >= 0.3 is 0 Å². The van der Waals surface area contributed by atoms with E-state index in [1.165, 1.54) is 0 Å². The van der Waals surface area contributed by atoms with Crippen LogP contribution >= 0.6 is 0 Å². The van der Waals surface area contributed by atoms with Crippen LogP contribution in [0.3, 0.4) is 0 Å². The minimum absolute atomic E-state index is 0.0287. The Kier molecular flexibility index (Phi) is 6.27. The van der Waals surface area contributed by atoms with Crippen LogP contribution in [0.2, 0.25) is 0 Å². The third-order valence-electron chi connectivity index (χ3n) is 4.14. The molecule has 0 bridgehead atoms. The van der Waals surface area contributed by atoms with E-state index < -0.39 is 9.84 Å². The number of amides is 1. The first kappa shape index (κ1) is 18.8. The topological polar surface area (TPSA) is 63.7 Å². The van der Waals surface area contributed by atoms with Gasteiger partial charge in [-0.3, -0.25) is 4.79 Å². The molecule has 0 N–H and O–H groups in total. The summed E-state index contributed by atoms with van der Waals surface area (Å²) in [4.78, 5) is 14.4. The Morgan fingerprint density at radius 2 is 1.96 bits per heavy atom. The molecule has 0 radical (unpaired) electrons. The van der Waals surface area contributed by atoms with Gasteiger partial charge in [0.2, 0.25) is 5.91 Å². The third-order valence-corrected chi connectivity index (χ3v) is 5.89. The number of sulfone groups is 1. The van der Waals surface area contributed by atoms with E-state index in [4.69, 9.17) is 4.74 Å². The molecule has 5 nitrogen and oxygen atoms in total. The van der Waals surface area contributed by atoms with E-state index >= 15 is 0 Å². The largest absolute Gasteiger partial charge is 0.494 e. The fourth-order valence-corrected chi connectivity index (χ4v) is 4.69. The quantitative estimate of drug-likeness (QED) is 0.756. The van der Waals surface area contributed by atoms with Gasteiger partial charge in [-0.15, -0.1) is 0 Å². The van der Waals surface area contributed by atoms with Gasteiger partial charge in [0.05, 0.1) is 18.1 Å². The predicted octanol–water partition coefficient (Wildman–Crippen LogP) is 2.65. The van der Waals surface area contributed by atoms with Crippen LogP contribution < -0.4 is 4.74 Å². The SMILES string of the molecule is CCOc1ccc(CN(C(=O)CC(C)C)[C@H]2CCS(=O)(=O)C2)cc1. The average Bonchev–Trinajstić information content (AvgIpc) is 2.85. The second kappa shape index (κ2) is 8.01. The van der Waals surface area contributed by atoms with Crippen molar-refractivity contribution in [3.63, 3.8) is 0 Å². The monoisotopic (exact) mass is 353 g/mol. The molecule has 1 aromatic carbocycles. The molecular formula is C18H27NO4S. The van der Waals surface area contributed by atoms with Gasteiger partial charge in [-0.1, -0.05) is 26.0 Å². The molecule has 24 heavy (non-hydrogen) atoms. The van der Waals surface area contributed by atoms with E-state index in [2.05, 4.69) is 0 Å². The van der Waals surface area contributed by atoms with Crippen molar-refractivity contribution < 1.29 is 17.9 Å². The first-order valence-electron chi connectivity index (χ1n) is 8.52. The van der Waals surface area contributed by atoms with Crippen molar-refractivity contribution in [2.45, 2.75) is 46.2 Å². The molecule has 1 heterocycles. The number of hydrogen-bond acceptors (Lipinski definition) is 4. The minimum Gasteiger partial charge on any atom is -0.494 e. The van der Waals surface area contributed by atoms with Crippen molar-refractivity contribution in [3.05, 3.63) is 29.8 Å². The zero-order chi connectivity index (χ0) is 17.7. The zero-order valence-electron chi connectivity index (χ0n) is 14.7. The highest BCUT2D eigenvalue weighted by atomic mass is 32.2. The highest BCUT2D eigenvalue weighted by Gasteiger charge is 2.34. The standard InChI is InChI=1S/C18H27NO4S/c1-4-23-17-7-5-15(6-8-17)12-19(18(20)11-14(2)3)16-9-10-24(21,22)13-16/h5-8,14,16H,4,9-13H2,1-3H3/t16-/m0/s1. The Morgan fingerprint density at radius 1 is 1.29 bits per heavy atom. The van der Waals surface area contributed by atoms with Gasteiger partial charge in [0.15, 0.2) is 9.84 Å². The molecular weight excluding hydrogens is 326 g/mol. The average molecular weight is 353 g/mol. The lowest BCUT2D eigenvalue weighted by Crippen LogP contribution is -2.41. The predicted molar refractivity (Wildman–Crippen MR) is 94.7 cm³/mol. The Hall–Kier alpha value is -1.56. The van der Waals surface area contributed by atoms with Crippen molar-refractivity contribution in [2.75, 3.05) is 18.1 Å². The maximum Gasteiger partial charge on any atom is 0.223 e. The fourth-order valence-electron chi connectivity index (χ4n) is 2.96. The lowest BCUT2D eigenvalue weighted by molar-refractivity contribution is -0.134. The molecule has 0 saturated carbocycles. The van der Waals surface area contributed by atoms with E-state index in [1.54, 1.807) is 4.90 Å². The van der Waals surface area contributed by atoms with Crippen LogP contribution in [0.25, 0.3) is 0 Å². The van der Waals surface area contributed by atoms with Crippen molar-refractivity contribution in [1.82, 2.24) is 4.90 Å². The fraction of sp³-hybridized carbons (Fsp3) is 0.611. The first-order chi connectivity index (χ1) is 11.3. The number of ether oxygens (including phenoxy) is 1. The summed E-state index contributed by atoms with van der Waals surface area (Å²) in [5.74, 6) is 1.32. The summed E-state index contributed by atoms with van der Waals surface area (Å²) in [5, 5.41) is 0. The van der Waals surface area contributed by atoms with Gasteiger partial charge in [-0.25, -0.2) is 8.42 Å². The van der Waals surface area contributed by atoms with Crippen LogP contribution in [0, 0.1) is 5.92 Å². The molecule has 0 aromatic heterocycles. The molecule has 134 valence electrons. The molecule has 1 aromatic rings. The summed E-state index contributed by atoms with van der Waals surface area (Å²) >= 11 is 0. The number of benzene rings is 1. The Morgan fingerprint density at radius 3 is 2.46 bits per heavy atom. The molecule has 1 atom stereocenters. The van der Waals surface area contributed by atoms with Crippen LogP contribution in [0.1, 0.15) is 39.2 Å². The maximum absolute atomic E-state index is 12.6. The summed E-state index contributed by atoms with van der Waals surface area (Å²) in [6.07, 6.45) is 0.969. The van der Waals surface area contributed by atoms with E-state index in [9.17, 15) is 13.2 Å². The van der Waals surface area contributed by atoms with Crippen molar-refractivity contribution >= 4 is 15.7 Å². The molecule has 6 heteroatoms. The molecule has 2 rings (SSSR count). The molecule has 1 aliphatic heterocycles. The smallest absolute Gasteiger partial charge is 0.223 e. The van der Waals surface area contributed by atoms with E-state index in [0.29, 0.717) is 26.0 Å². The van der Waals surface area contributed by atoms with Crippen molar-refractivity contribution in [1.29, 1.82) is 0 Å². The summed E-state index contributed by atoms with van der Waals surface area (Å²) in [7, 11) is -3.02. The van der Waals surface area contributed by atoms with Gasteiger partial charge < -0.3 is 9.64 Å². The van der Waals surface area contributed by atoms with Crippen LogP contribution in [0.15, 0.2) is 24.3 Å². The highest BCUT2D eigenvalue weighted by Crippen LogP contribution is 2.23. The van der Waals surface area contributed by atoms with Gasteiger partial charge in [0.1, 0.15) is 5.75 Å². The van der Waals surface area contributed by atoms with Gasteiger partial charge in [0, 0.05) is 19.0 Å². The van der Waals surface area contributed by atoms with Crippen LogP contribution in [-0.2, 0) is 21.2 Å². The van der Waals surface area contributed by atoms with Gasteiger partial charge in [0.25, 0.3) is 0 Å². The lowest BCUT2D eigenvalue weighted by Gasteiger charge is -2.29. The van der Waals surface area contributed by atoms with E-state index in [0.717, 1.165) is 11.3 Å². The second-order valence-corrected chi connectivity index (χ2v) is 8.98. The van der Waals surface area contributed by atoms with Gasteiger partial charge in [-0.05, 0) is 37.0 Å². The maximum atomic E-state index is 12.6. The molecule has 0 spiro atoms. The second-order valence-electron chi connectivity index (χ2n) is 6.75. The minimum atomic E-state index is -3.02. The number of carbonyl (C=O) groups excluding carboxylic acids is 1. The van der Waals surface area contributed by atoms with Crippen LogP contribution in [0.5, 0.6) is 5.75 Å². The highest BCUT2D eigenvalue weighted by molar-refractivity contribution is 7.91. The number of nitrogens with zero attached hydrogens (tertiary/aromatic N) is 1.